The number of carbonyl (C=O) groups is 1. The summed E-state index contributed by atoms with van der Waals surface area (Å²) in [6.45, 7) is 0.703. The van der Waals surface area contributed by atoms with Crippen molar-refractivity contribution in [2.24, 2.45) is 5.41 Å². The number of amides is 1. The highest BCUT2D eigenvalue weighted by Crippen LogP contribution is 2.45. The standard InChI is InChI=1S/C13H12N2O2/c14-8-13(4-5-13)12(16)15-10-1-2-11-9(7-10)3-6-17-11/h1-2,7H,3-6H2,(H,15,16). The highest BCUT2D eigenvalue weighted by molar-refractivity contribution is 5.99. The summed E-state index contributed by atoms with van der Waals surface area (Å²) < 4.78 is 5.39. The third kappa shape index (κ3) is 1.64. The minimum Gasteiger partial charge on any atom is -0.493 e. The summed E-state index contributed by atoms with van der Waals surface area (Å²) in [6.07, 6.45) is 2.22. The van der Waals surface area contributed by atoms with Gasteiger partial charge in [0.2, 0.25) is 5.91 Å². The van der Waals surface area contributed by atoms with E-state index in [0.29, 0.717) is 19.4 Å². The van der Waals surface area contributed by atoms with Gasteiger partial charge in [0.1, 0.15) is 11.2 Å². The molecule has 0 atom stereocenters. The summed E-state index contributed by atoms with van der Waals surface area (Å²) in [4.78, 5) is 11.9. The normalized spacial score (nSPS) is 18.8. The quantitative estimate of drug-likeness (QED) is 0.840. The molecule has 1 aromatic carbocycles. The maximum absolute atomic E-state index is 11.9. The second-order valence-corrected chi connectivity index (χ2v) is 4.57. The Hall–Kier alpha value is -2.02. The molecule has 1 N–H and O–H groups in total. The van der Waals surface area contributed by atoms with E-state index in [-0.39, 0.29) is 5.91 Å². The molecule has 0 aromatic heterocycles. The number of hydrogen-bond donors (Lipinski definition) is 1. The predicted molar refractivity (Wildman–Crippen MR) is 61.6 cm³/mol. The monoisotopic (exact) mass is 228 g/mol. The van der Waals surface area contributed by atoms with Crippen molar-refractivity contribution in [2.45, 2.75) is 19.3 Å². The van der Waals surface area contributed by atoms with Crippen molar-refractivity contribution in [3.63, 3.8) is 0 Å². The van der Waals surface area contributed by atoms with Crippen molar-refractivity contribution in [2.75, 3.05) is 11.9 Å². The largest absolute Gasteiger partial charge is 0.493 e. The highest BCUT2D eigenvalue weighted by Gasteiger charge is 2.50. The Morgan fingerprint density at radius 2 is 2.29 bits per heavy atom. The maximum atomic E-state index is 11.9. The highest BCUT2D eigenvalue weighted by atomic mass is 16.5. The molecule has 4 heteroatoms. The average Bonchev–Trinajstić information content (AvgIpc) is 3.01. The van der Waals surface area contributed by atoms with E-state index in [0.717, 1.165) is 23.4 Å². The van der Waals surface area contributed by atoms with Gasteiger partial charge >= 0.3 is 0 Å². The summed E-state index contributed by atoms with van der Waals surface area (Å²) in [6, 6.07) is 7.69. The van der Waals surface area contributed by atoms with E-state index in [1.54, 1.807) is 0 Å². The first-order chi connectivity index (χ1) is 8.23. The van der Waals surface area contributed by atoms with Gasteiger partial charge in [0.05, 0.1) is 12.7 Å². The molecular weight excluding hydrogens is 216 g/mol. The van der Waals surface area contributed by atoms with Gasteiger partial charge in [-0.3, -0.25) is 4.79 Å². The average molecular weight is 228 g/mol. The Bertz CT molecular complexity index is 527. The fourth-order valence-corrected chi connectivity index (χ4v) is 2.03. The lowest BCUT2D eigenvalue weighted by atomic mass is 10.1. The van der Waals surface area contributed by atoms with E-state index in [9.17, 15) is 4.79 Å². The molecule has 0 saturated heterocycles. The van der Waals surface area contributed by atoms with Crippen LogP contribution in [0.15, 0.2) is 18.2 Å². The molecule has 1 amide bonds. The maximum Gasteiger partial charge on any atom is 0.244 e. The first-order valence-corrected chi connectivity index (χ1v) is 5.72. The molecule has 3 rings (SSSR count). The number of anilines is 1. The predicted octanol–water partition coefficient (Wildman–Crippen LogP) is 1.86. The van der Waals surface area contributed by atoms with Gasteiger partial charge in [-0.05, 0) is 36.6 Å². The van der Waals surface area contributed by atoms with Gasteiger partial charge in [0.25, 0.3) is 0 Å². The van der Waals surface area contributed by atoms with Crippen molar-refractivity contribution < 1.29 is 9.53 Å². The second kappa shape index (κ2) is 3.49. The van der Waals surface area contributed by atoms with Crippen LogP contribution in [0.25, 0.3) is 0 Å². The minimum absolute atomic E-state index is 0.182. The third-order valence-electron chi connectivity index (χ3n) is 3.35. The number of nitriles is 1. The van der Waals surface area contributed by atoms with Crippen molar-refractivity contribution in [1.29, 1.82) is 5.26 Å². The molecule has 1 aliphatic carbocycles. The van der Waals surface area contributed by atoms with Gasteiger partial charge in [-0.25, -0.2) is 0 Å². The molecule has 86 valence electrons. The van der Waals surface area contributed by atoms with E-state index in [1.807, 2.05) is 18.2 Å². The van der Waals surface area contributed by atoms with Gasteiger partial charge in [-0.2, -0.15) is 5.26 Å². The van der Waals surface area contributed by atoms with Crippen LogP contribution >= 0.6 is 0 Å². The Balaban J connectivity index is 1.78. The molecule has 17 heavy (non-hydrogen) atoms. The van der Waals surface area contributed by atoms with Crippen LogP contribution in [-0.4, -0.2) is 12.5 Å². The molecule has 1 saturated carbocycles. The molecule has 0 radical (unpaired) electrons. The fourth-order valence-electron chi connectivity index (χ4n) is 2.03. The van der Waals surface area contributed by atoms with Crippen LogP contribution in [0.1, 0.15) is 18.4 Å². The summed E-state index contributed by atoms with van der Waals surface area (Å²) in [7, 11) is 0. The van der Waals surface area contributed by atoms with E-state index in [4.69, 9.17) is 10.00 Å². The molecule has 0 bridgehead atoms. The van der Waals surface area contributed by atoms with Crippen molar-refractivity contribution in [3.05, 3.63) is 23.8 Å². The molecule has 2 aliphatic rings. The van der Waals surface area contributed by atoms with Gasteiger partial charge in [-0.1, -0.05) is 0 Å². The summed E-state index contributed by atoms with van der Waals surface area (Å²) >= 11 is 0. The van der Waals surface area contributed by atoms with Crippen LogP contribution < -0.4 is 10.1 Å². The first kappa shape index (κ1) is 10.2. The number of nitrogens with zero attached hydrogens (tertiary/aromatic N) is 1. The molecule has 0 unspecified atom stereocenters. The molecule has 0 spiro atoms. The smallest absolute Gasteiger partial charge is 0.244 e. The summed E-state index contributed by atoms with van der Waals surface area (Å²) in [5.74, 6) is 0.711. The zero-order chi connectivity index (χ0) is 11.9. The fraction of sp³-hybridized carbons (Fsp3) is 0.385. The van der Waals surface area contributed by atoms with Crippen molar-refractivity contribution >= 4 is 11.6 Å². The number of fused-ring (bicyclic) bond motifs is 1. The van der Waals surface area contributed by atoms with Crippen LogP contribution in [0.5, 0.6) is 5.75 Å². The number of carbonyl (C=O) groups excluding carboxylic acids is 1. The molecule has 1 heterocycles. The van der Waals surface area contributed by atoms with Crippen LogP contribution in [0.2, 0.25) is 0 Å². The van der Waals surface area contributed by atoms with E-state index >= 15 is 0 Å². The second-order valence-electron chi connectivity index (χ2n) is 4.57. The molecule has 1 aromatic rings. The zero-order valence-corrected chi connectivity index (χ0v) is 9.32. The van der Waals surface area contributed by atoms with Gasteiger partial charge in [-0.15, -0.1) is 0 Å². The summed E-state index contributed by atoms with van der Waals surface area (Å²) in [5.41, 5.74) is 1.10. The Labute approximate surface area is 99.2 Å². The lowest BCUT2D eigenvalue weighted by Crippen LogP contribution is -2.22. The van der Waals surface area contributed by atoms with Crippen LogP contribution in [0.4, 0.5) is 5.69 Å². The van der Waals surface area contributed by atoms with Gasteiger partial charge in [0.15, 0.2) is 0 Å². The van der Waals surface area contributed by atoms with Crippen LogP contribution in [0, 0.1) is 16.7 Å². The Kier molecular flexibility index (Phi) is 2.08. The lowest BCUT2D eigenvalue weighted by molar-refractivity contribution is -0.119. The summed E-state index contributed by atoms with van der Waals surface area (Å²) in [5, 5.41) is 11.7. The van der Waals surface area contributed by atoms with Gasteiger partial charge in [0, 0.05) is 12.1 Å². The van der Waals surface area contributed by atoms with Crippen LogP contribution in [0.3, 0.4) is 0 Å². The molecule has 1 fully saturated rings. The van der Waals surface area contributed by atoms with E-state index < -0.39 is 5.41 Å². The van der Waals surface area contributed by atoms with Crippen molar-refractivity contribution in [1.82, 2.24) is 0 Å². The van der Waals surface area contributed by atoms with Crippen molar-refractivity contribution in [3.8, 4) is 11.8 Å². The zero-order valence-electron chi connectivity index (χ0n) is 9.32. The number of ether oxygens (including phenoxy) is 1. The molecule has 4 nitrogen and oxygen atoms in total. The molecule has 1 aliphatic heterocycles. The number of hydrogen-bond acceptors (Lipinski definition) is 3. The molecular formula is C13H12N2O2. The number of benzene rings is 1. The SMILES string of the molecule is N#CC1(C(=O)Nc2ccc3c(c2)CCO3)CC1. The number of nitrogens with one attached hydrogen (secondary N) is 1. The lowest BCUT2D eigenvalue weighted by Gasteiger charge is -2.09. The topological polar surface area (TPSA) is 62.1 Å². The van der Waals surface area contributed by atoms with E-state index in [1.165, 1.54) is 0 Å². The van der Waals surface area contributed by atoms with E-state index in [2.05, 4.69) is 11.4 Å². The minimum atomic E-state index is -0.768. The Morgan fingerprint density at radius 1 is 1.47 bits per heavy atom. The number of rotatable bonds is 2. The van der Waals surface area contributed by atoms with Gasteiger partial charge < -0.3 is 10.1 Å². The first-order valence-electron chi connectivity index (χ1n) is 5.72. The van der Waals surface area contributed by atoms with Crippen LogP contribution in [-0.2, 0) is 11.2 Å². The third-order valence-corrected chi connectivity index (χ3v) is 3.35. The Morgan fingerprint density at radius 3 is 3.00 bits per heavy atom.